The summed E-state index contributed by atoms with van der Waals surface area (Å²) >= 11 is 1.04. The number of rotatable bonds is 4. The van der Waals surface area contributed by atoms with Crippen molar-refractivity contribution in [2.45, 2.75) is 37.1 Å². The van der Waals surface area contributed by atoms with E-state index in [0.29, 0.717) is 0 Å². The Hall–Kier alpha value is -3.14. The van der Waals surface area contributed by atoms with Crippen molar-refractivity contribution in [3.63, 3.8) is 0 Å². The molecule has 0 aromatic heterocycles. The number of halogens is 3. The van der Waals surface area contributed by atoms with Gasteiger partial charge in [-0.2, -0.15) is 18.3 Å². The number of carbonyl (C=O) groups excluding carboxylic acids is 2. The highest BCUT2D eigenvalue weighted by Crippen LogP contribution is 2.35. The Morgan fingerprint density at radius 1 is 1.09 bits per heavy atom. The number of hydrogen-bond donors (Lipinski definition) is 2. The van der Waals surface area contributed by atoms with Crippen molar-refractivity contribution in [1.29, 1.82) is 0 Å². The number of amidine groups is 1. The first-order valence-electron chi connectivity index (χ1n) is 9.97. The monoisotopic (exact) mass is 460 g/mol. The standard InChI is InChI=1S/C22H19F3N4O2S/c23-22(24,25)15-9-3-4-10-17(15)26-19(30)12-18-20(31)27-21(32-18)29-28-16-11-5-7-13-6-1-2-8-14(13)16/h1-4,6,8-10,18H,5,7,11-12H2,(H,26,30)(H,27,29,31). The summed E-state index contributed by atoms with van der Waals surface area (Å²) in [6.45, 7) is 0. The van der Waals surface area contributed by atoms with Crippen LogP contribution >= 0.6 is 11.8 Å². The van der Waals surface area contributed by atoms with E-state index in [1.54, 1.807) is 0 Å². The molecule has 0 spiro atoms. The van der Waals surface area contributed by atoms with Crippen LogP contribution in [0.5, 0.6) is 0 Å². The summed E-state index contributed by atoms with van der Waals surface area (Å²) in [7, 11) is 0. The minimum Gasteiger partial charge on any atom is -0.325 e. The van der Waals surface area contributed by atoms with Gasteiger partial charge in [0.2, 0.25) is 11.8 Å². The van der Waals surface area contributed by atoms with E-state index in [1.807, 2.05) is 18.2 Å². The lowest BCUT2D eigenvalue weighted by Gasteiger charge is -2.16. The number of benzene rings is 2. The SMILES string of the molecule is O=C(CC1SC(=NN=C2CCCc3ccccc32)NC1=O)Nc1ccccc1C(F)(F)F. The molecule has 1 aliphatic heterocycles. The number of nitrogens with one attached hydrogen (secondary N) is 2. The van der Waals surface area contributed by atoms with Gasteiger partial charge in [0.05, 0.1) is 17.0 Å². The van der Waals surface area contributed by atoms with Crippen LogP contribution in [0.25, 0.3) is 0 Å². The molecule has 2 amide bonds. The van der Waals surface area contributed by atoms with Gasteiger partial charge in [0.25, 0.3) is 0 Å². The van der Waals surface area contributed by atoms with Crippen LogP contribution in [0.2, 0.25) is 0 Å². The van der Waals surface area contributed by atoms with E-state index in [9.17, 15) is 22.8 Å². The van der Waals surface area contributed by atoms with E-state index in [4.69, 9.17) is 0 Å². The third kappa shape index (κ3) is 5.01. The number of anilines is 1. The zero-order valence-electron chi connectivity index (χ0n) is 16.8. The first-order valence-corrected chi connectivity index (χ1v) is 10.9. The van der Waals surface area contributed by atoms with E-state index >= 15 is 0 Å². The van der Waals surface area contributed by atoms with Crippen LogP contribution in [-0.2, 0) is 22.2 Å². The topological polar surface area (TPSA) is 82.9 Å². The van der Waals surface area contributed by atoms with Gasteiger partial charge in [-0.05, 0) is 37.0 Å². The third-order valence-electron chi connectivity index (χ3n) is 5.10. The molecule has 0 bridgehead atoms. The van der Waals surface area contributed by atoms with Crippen molar-refractivity contribution >= 4 is 40.1 Å². The smallest absolute Gasteiger partial charge is 0.325 e. The summed E-state index contributed by atoms with van der Waals surface area (Å²) < 4.78 is 39.3. The van der Waals surface area contributed by atoms with Gasteiger partial charge in [0.1, 0.15) is 5.25 Å². The molecule has 10 heteroatoms. The molecule has 1 saturated heterocycles. The van der Waals surface area contributed by atoms with Crippen molar-refractivity contribution in [2.24, 2.45) is 10.2 Å². The van der Waals surface area contributed by atoms with Crippen LogP contribution in [0.1, 0.15) is 36.0 Å². The summed E-state index contributed by atoms with van der Waals surface area (Å²) in [5, 5.41) is 12.7. The zero-order chi connectivity index (χ0) is 22.7. The molecule has 6 nitrogen and oxygen atoms in total. The van der Waals surface area contributed by atoms with Crippen molar-refractivity contribution in [3.05, 3.63) is 65.2 Å². The van der Waals surface area contributed by atoms with Gasteiger partial charge in [-0.15, -0.1) is 5.10 Å². The number of hydrogen-bond acceptors (Lipinski definition) is 5. The van der Waals surface area contributed by atoms with Gasteiger partial charge >= 0.3 is 6.18 Å². The molecule has 2 aromatic rings. The lowest BCUT2D eigenvalue weighted by molar-refractivity contribution is -0.137. The quantitative estimate of drug-likeness (QED) is 0.665. The van der Waals surface area contributed by atoms with Crippen molar-refractivity contribution in [2.75, 3.05) is 5.32 Å². The maximum atomic E-state index is 13.1. The molecule has 0 radical (unpaired) electrons. The molecule has 4 rings (SSSR count). The van der Waals surface area contributed by atoms with Crippen LogP contribution in [0.15, 0.2) is 58.7 Å². The Bertz CT molecular complexity index is 1110. The summed E-state index contributed by atoms with van der Waals surface area (Å²) in [6, 6.07) is 12.7. The van der Waals surface area contributed by atoms with Crippen molar-refractivity contribution in [1.82, 2.24) is 5.32 Å². The maximum absolute atomic E-state index is 13.1. The number of nitrogens with zero attached hydrogens (tertiary/aromatic N) is 2. The Balaban J connectivity index is 1.41. The number of thioether (sulfide) groups is 1. The Kier molecular flexibility index (Phi) is 6.31. The van der Waals surface area contributed by atoms with Gasteiger partial charge < -0.3 is 10.6 Å². The summed E-state index contributed by atoms with van der Waals surface area (Å²) in [6.07, 6.45) is -2.17. The largest absolute Gasteiger partial charge is 0.418 e. The summed E-state index contributed by atoms with van der Waals surface area (Å²) in [5.41, 5.74) is 1.79. The predicted octanol–water partition coefficient (Wildman–Crippen LogP) is 4.36. The summed E-state index contributed by atoms with van der Waals surface area (Å²) in [5.74, 6) is -1.12. The highest BCUT2D eigenvalue weighted by molar-refractivity contribution is 8.15. The van der Waals surface area contributed by atoms with E-state index < -0.39 is 28.8 Å². The number of fused-ring (bicyclic) bond motifs is 1. The fourth-order valence-corrected chi connectivity index (χ4v) is 4.52. The molecule has 1 fully saturated rings. The van der Waals surface area contributed by atoms with Crippen LogP contribution in [0.3, 0.4) is 0 Å². The lowest BCUT2D eigenvalue weighted by Crippen LogP contribution is -2.28. The van der Waals surface area contributed by atoms with Crippen LogP contribution in [0.4, 0.5) is 18.9 Å². The highest BCUT2D eigenvalue weighted by atomic mass is 32.2. The van der Waals surface area contributed by atoms with Crippen molar-refractivity contribution < 1.29 is 22.8 Å². The lowest BCUT2D eigenvalue weighted by atomic mass is 9.90. The molecular formula is C22H19F3N4O2S. The third-order valence-corrected chi connectivity index (χ3v) is 6.18. The van der Waals surface area contributed by atoms with E-state index in [0.717, 1.165) is 48.4 Å². The van der Waals surface area contributed by atoms with E-state index in [2.05, 4.69) is 26.9 Å². The second-order valence-corrected chi connectivity index (χ2v) is 8.55. The molecule has 166 valence electrons. The van der Waals surface area contributed by atoms with Gasteiger partial charge in [-0.1, -0.05) is 48.2 Å². The first kappa shape index (κ1) is 22.1. The van der Waals surface area contributed by atoms with Crippen molar-refractivity contribution in [3.8, 4) is 0 Å². The molecule has 2 aliphatic rings. The fourth-order valence-electron chi connectivity index (χ4n) is 3.61. The average molecular weight is 460 g/mol. The Labute approximate surface area is 186 Å². The number of carbonyl (C=O) groups is 2. The van der Waals surface area contributed by atoms with Gasteiger partial charge in [-0.3, -0.25) is 9.59 Å². The minimum atomic E-state index is -4.60. The van der Waals surface area contributed by atoms with E-state index in [-0.39, 0.29) is 17.3 Å². The number of amides is 2. The highest BCUT2D eigenvalue weighted by Gasteiger charge is 2.35. The number of para-hydroxylation sites is 1. The first-order chi connectivity index (χ1) is 15.3. The molecular weight excluding hydrogens is 441 g/mol. The van der Waals surface area contributed by atoms with E-state index in [1.165, 1.54) is 23.8 Å². The van der Waals surface area contributed by atoms with Crippen LogP contribution in [-0.4, -0.2) is 27.9 Å². The molecule has 32 heavy (non-hydrogen) atoms. The summed E-state index contributed by atoms with van der Waals surface area (Å²) in [4.78, 5) is 24.5. The Morgan fingerprint density at radius 3 is 2.66 bits per heavy atom. The second kappa shape index (κ2) is 9.15. The predicted molar refractivity (Wildman–Crippen MR) is 118 cm³/mol. The zero-order valence-corrected chi connectivity index (χ0v) is 17.6. The average Bonchev–Trinajstić information content (AvgIpc) is 3.10. The van der Waals surface area contributed by atoms with Gasteiger partial charge in [-0.25, -0.2) is 0 Å². The second-order valence-electron chi connectivity index (χ2n) is 7.35. The Morgan fingerprint density at radius 2 is 1.84 bits per heavy atom. The molecule has 0 saturated carbocycles. The molecule has 1 heterocycles. The molecule has 1 unspecified atom stereocenters. The number of aryl methyl sites for hydroxylation is 1. The molecule has 2 N–H and O–H groups in total. The molecule has 1 aliphatic carbocycles. The van der Waals surface area contributed by atoms with Crippen LogP contribution < -0.4 is 10.6 Å². The van der Waals surface area contributed by atoms with Gasteiger partial charge in [0.15, 0.2) is 5.17 Å². The molecule has 2 aromatic carbocycles. The number of alkyl halides is 3. The van der Waals surface area contributed by atoms with Gasteiger partial charge in [0, 0.05) is 12.0 Å². The normalized spacial score (nSPS) is 20.8. The fraction of sp³-hybridized carbons (Fsp3) is 0.273. The molecule has 1 atom stereocenters. The maximum Gasteiger partial charge on any atom is 0.418 e. The van der Waals surface area contributed by atoms with Crippen LogP contribution in [0, 0.1) is 0 Å². The minimum absolute atomic E-state index is 0.263.